The fourth-order valence-corrected chi connectivity index (χ4v) is 2.30. The van der Waals surface area contributed by atoms with Crippen molar-refractivity contribution in [1.82, 2.24) is 4.98 Å². The average molecular weight is 265 g/mol. The third-order valence-corrected chi connectivity index (χ3v) is 3.19. The third-order valence-electron chi connectivity index (χ3n) is 3.19. The molecule has 0 aliphatic rings. The van der Waals surface area contributed by atoms with Gasteiger partial charge in [0, 0.05) is 17.1 Å². The summed E-state index contributed by atoms with van der Waals surface area (Å²) in [5.41, 5.74) is 1.40. The summed E-state index contributed by atoms with van der Waals surface area (Å²) in [5, 5.41) is 1.72. The van der Waals surface area contributed by atoms with E-state index in [4.69, 9.17) is 0 Å². The molecule has 0 amide bonds. The van der Waals surface area contributed by atoms with E-state index in [2.05, 4.69) is 4.98 Å². The molecular formula is C17H12FNO. The molecule has 0 atom stereocenters. The van der Waals surface area contributed by atoms with Crippen LogP contribution in [-0.2, 0) is 0 Å². The number of halogens is 1. The molecule has 0 aliphatic carbocycles. The van der Waals surface area contributed by atoms with E-state index in [9.17, 15) is 9.18 Å². The number of carbonyl (C=O) groups is 1. The zero-order valence-corrected chi connectivity index (χ0v) is 10.9. The standard InChI is InChI=1S/C17H12FNO/c1-11-8-13(10-14(18)9-11)17(20)16-15-5-3-2-4-12(15)6-7-19-16/h2-10H,1H3. The predicted molar refractivity (Wildman–Crippen MR) is 76.3 cm³/mol. The highest BCUT2D eigenvalue weighted by atomic mass is 19.1. The van der Waals surface area contributed by atoms with E-state index in [1.165, 1.54) is 12.1 Å². The molecule has 0 N–H and O–H groups in total. The quantitative estimate of drug-likeness (QED) is 0.657. The van der Waals surface area contributed by atoms with Gasteiger partial charge in [0.25, 0.3) is 0 Å². The Morgan fingerprint density at radius 1 is 1.10 bits per heavy atom. The molecule has 3 heteroatoms. The van der Waals surface area contributed by atoms with Crippen LogP contribution in [0.25, 0.3) is 10.8 Å². The van der Waals surface area contributed by atoms with Crippen LogP contribution in [0.5, 0.6) is 0 Å². The molecule has 0 saturated heterocycles. The van der Waals surface area contributed by atoms with Crippen molar-refractivity contribution in [1.29, 1.82) is 0 Å². The van der Waals surface area contributed by atoms with Gasteiger partial charge < -0.3 is 0 Å². The minimum absolute atomic E-state index is 0.260. The van der Waals surface area contributed by atoms with Gasteiger partial charge in [0.2, 0.25) is 5.78 Å². The van der Waals surface area contributed by atoms with Crippen LogP contribution in [0.1, 0.15) is 21.6 Å². The number of pyridine rings is 1. The summed E-state index contributed by atoms with van der Waals surface area (Å²) < 4.78 is 13.4. The molecule has 1 heterocycles. The molecule has 0 fully saturated rings. The number of carbonyl (C=O) groups excluding carboxylic acids is 1. The van der Waals surface area contributed by atoms with Crippen molar-refractivity contribution in [3.05, 3.63) is 77.4 Å². The van der Waals surface area contributed by atoms with E-state index in [0.29, 0.717) is 16.8 Å². The van der Waals surface area contributed by atoms with Crippen molar-refractivity contribution < 1.29 is 9.18 Å². The van der Waals surface area contributed by atoms with Crippen LogP contribution in [0.2, 0.25) is 0 Å². The molecule has 1 aromatic heterocycles. The lowest BCUT2D eigenvalue weighted by Gasteiger charge is -2.06. The van der Waals surface area contributed by atoms with Crippen LogP contribution in [0.4, 0.5) is 4.39 Å². The highest BCUT2D eigenvalue weighted by molar-refractivity contribution is 6.14. The maximum Gasteiger partial charge on any atom is 0.212 e. The number of ketones is 1. The fourth-order valence-electron chi connectivity index (χ4n) is 2.30. The van der Waals surface area contributed by atoms with Gasteiger partial charge in [-0.05, 0) is 42.1 Å². The van der Waals surface area contributed by atoms with Crippen LogP contribution in [0.15, 0.2) is 54.7 Å². The molecule has 98 valence electrons. The van der Waals surface area contributed by atoms with Crippen LogP contribution >= 0.6 is 0 Å². The SMILES string of the molecule is Cc1cc(F)cc(C(=O)c2nccc3ccccc23)c1. The van der Waals surface area contributed by atoms with E-state index in [1.54, 1.807) is 19.2 Å². The molecule has 3 rings (SSSR count). The van der Waals surface area contributed by atoms with E-state index in [-0.39, 0.29) is 5.78 Å². The number of fused-ring (bicyclic) bond motifs is 1. The molecule has 0 saturated carbocycles. The van der Waals surface area contributed by atoms with Gasteiger partial charge in [0.1, 0.15) is 11.5 Å². The fraction of sp³-hybridized carbons (Fsp3) is 0.0588. The number of hydrogen-bond acceptors (Lipinski definition) is 2. The first-order valence-electron chi connectivity index (χ1n) is 6.31. The highest BCUT2D eigenvalue weighted by Crippen LogP contribution is 2.20. The Bertz CT molecular complexity index is 785. The molecule has 0 bridgehead atoms. The molecule has 3 aromatic rings. The molecular weight excluding hydrogens is 253 g/mol. The van der Waals surface area contributed by atoms with Crippen molar-refractivity contribution in [2.75, 3.05) is 0 Å². The highest BCUT2D eigenvalue weighted by Gasteiger charge is 2.15. The minimum Gasteiger partial charge on any atom is -0.287 e. The molecule has 0 spiro atoms. The number of hydrogen-bond donors (Lipinski definition) is 0. The molecule has 2 aromatic carbocycles. The third kappa shape index (κ3) is 2.18. The Morgan fingerprint density at radius 3 is 2.70 bits per heavy atom. The lowest BCUT2D eigenvalue weighted by Crippen LogP contribution is -2.05. The molecule has 20 heavy (non-hydrogen) atoms. The van der Waals surface area contributed by atoms with Gasteiger partial charge in [0.05, 0.1) is 0 Å². The van der Waals surface area contributed by atoms with Crippen molar-refractivity contribution >= 4 is 16.6 Å². The van der Waals surface area contributed by atoms with E-state index in [1.807, 2.05) is 30.3 Å². The topological polar surface area (TPSA) is 30.0 Å². The first kappa shape index (κ1) is 12.5. The van der Waals surface area contributed by atoms with Gasteiger partial charge in [-0.25, -0.2) is 4.39 Å². The predicted octanol–water partition coefficient (Wildman–Crippen LogP) is 3.91. The van der Waals surface area contributed by atoms with E-state index >= 15 is 0 Å². The summed E-state index contributed by atoms with van der Waals surface area (Å²) in [6, 6.07) is 13.7. The van der Waals surface area contributed by atoms with Crippen LogP contribution < -0.4 is 0 Å². The number of aromatic nitrogens is 1. The summed E-state index contributed by atoms with van der Waals surface area (Å²) in [5.74, 6) is -0.669. The second-order valence-corrected chi connectivity index (χ2v) is 4.73. The van der Waals surface area contributed by atoms with Gasteiger partial charge in [-0.2, -0.15) is 0 Å². The van der Waals surface area contributed by atoms with Gasteiger partial charge in [-0.15, -0.1) is 0 Å². The summed E-state index contributed by atoms with van der Waals surface area (Å²) >= 11 is 0. The molecule has 0 aliphatic heterocycles. The second kappa shape index (κ2) is 4.85. The monoisotopic (exact) mass is 265 g/mol. The maximum atomic E-state index is 13.4. The van der Waals surface area contributed by atoms with Gasteiger partial charge in [-0.3, -0.25) is 9.78 Å². The summed E-state index contributed by atoms with van der Waals surface area (Å²) in [6.45, 7) is 1.76. The summed E-state index contributed by atoms with van der Waals surface area (Å²) in [6.07, 6.45) is 1.60. The lowest BCUT2D eigenvalue weighted by molar-refractivity contribution is 0.103. The Labute approximate surface area is 115 Å². The van der Waals surface area contributed by atoms with Crippen LogP contribution in [-0.4, -0.2) is 10.8 Å². The maximum absolute atomic E-state index is 13.4. The lowest BCUT2D eigenvalue weighted by atomic mass is 10.0. The molecule has 2 nitrogen and oxygen atoms in total. The van der Waals surface area contributed by atoms with Gasteiger partial charge in [0.15, 0.2) is 0 Å². The van der Waals surface area contributed by atoms with Crippen LogP contribution in [0.3, 0.4) is 0 Å². The number of aryl methyl sites for hydroxylation is 1. The molecule has 0 unspecified atom stereocenters. The second-order valence-electron chi connectivity index (χ2n) is 4.73. The zero-order valence-electron chi connectivity index (χ0n) is 10.9. The largest absolute Gasteiger partial charge is 0.287 e. The number of benzene rings is 2. The normalized spacial score (nSPS) is 10.7. The number of rotatable bonds is 2. The zero-order chi connectivity index (χ0) is 14.1. The van der Waals surface area contributed by atoms with E-state index in [0.717, 1.165) is 10.8 Å². The van der Waals surface area contributed by atoms with Gasteiger partial charge >= 0.3 is 0 Å². The Morgan fingerprint density at radius 2 is 1.90 bits per heavy atom. The first-order chi connectivity index (χ1) is 9.65. The van der Waals surface area contributed by atoms with Gasteiger partial charge in [-0.1, -0.05) is 24.3 Å². The number of nitrogens with zero attached hydrogens (tertiary/aromatic N) is 1. The van der Waals surface area contributed by atoms with Crippen molar-refractivity contribution in [2.45, 2.75) is 6.92 Å². The van der Waals surface area contributed by atoms with Crippen molar-refractivity contribution in [2.24, 2.45) is 0 Å². The Balaban J connectivity index is 2.17. The van der Waals surface area contributed by atoms with Crippen molar-refractivity contribution in [3.63, 3.8) is 0 Å². The van der Waals surface area contributed by atoms with Crippen LogP contribution in [0, 0.1) is 12.7 Å². The van der Waals surface area contributed by atoms with Crippen molar-refractivity contribution in [3.8, 4) is 0 Å². The first-order valence-corrected chi connectivity index (χ1v) is 6.31. The van der Waals surface area contributed by atoms with E-state index < -0.39 is 5.82 Å². The summed E-state index contributed by atoms with van der Waals surface area (Å²) in [7, 11) is 0. The average Bonchev–Trinajstić information content (AvgIpc) is 2.45. The molecule has 0 radical (unpaired) electrons. The Kier molecular flexibility index (Phi) is 3.03. The summed E-state index contributed by atoms with van der Waals surface area (Å²) in [4.78, 5) is 16.7. The smallest absolute Gasteiger partial charge is 0.212 e. The Hall–Kier alpha value is -2.55. The minimum atomic E-state index is -0.409.